The van der Waals surface area contributed by atoms with Crippen LogP contribution in [-0.2, 0) is 0 Å². The molecule has 2 nitrogen and oxygen atoms in total. The van der Waals surface area contributed by atoms with Gasteiger partial charge in [0.25, 0.3) is 0 Å². The molecule has 20 heavy (non-hydrogen) atoms. The number of hydrogen-bond acceptors (Lipinski definition) is 2. The van der Waals surface area contributed by atoms with Gasteiger partial charge in [0, 0.05) is 10.6 Å². The van der Waals surface area contributed by atoms with E-state index in [-0.39, 0.29) is 18.1 Å². The van der Waals surface area contributed by atoms with Crippen LogP contribution in [0, 0.1) is 12.7 Å². The van der Waals surface area contributed by atoms with Crippen LogP contribution < -0.4 is 5.32 Å². The number of rotatable bonds is 4. The fraction of sp³-hybridized carbons (Fsp3) is 0.133. The van der Waals surface area contributed by atoms with Crippen molar-refractivity contribution in [2.24, 2.45) is 0 Å². The van der Waals surface area contributed by atoms with Crippen molar-refractivity contribution < 1.29 is 9.18 Å². The van der Waals surface area contributed by atoms with Crippen molar-refractivity contribution >= 4 is 34.7 Å². The molecule has 2 aromatic carbocycles. The molecular weight excluding hydrogens is 300 g/mol. The zero-order valence-electron chi connectivity index (χ0n) is 10.7. The Morgan fingerprint density at radius 3 is 2.60 bits per heavy atom. The van der Waals surface area contributed by atoms with Gasteiger partial charge in [0.2, 0.25) is 0 Å². The fourth-order valence-electron chi connectivity index (χ4n) is 1.68. The number of carbonyl (C=O) groups is 1. The van der Waals surface area contributed by atoms with E-state index in [9.17, 15) is 9.18 Å². The second-order valence-electron chi connectivity index (χ2n) is 4.36. The summed E-state index contributed by atoms with van der Waals surface area (Å²) in [6.45, 7) is 1.68. The number of ketones is 1. The van der Waals surface area contributed by atoms with Crippen LogP contribution in [0.4, 0.5) is 10.1 Å². The first-order chi connectivity index (χ1) is 9.47. The number of benzene rings is 2. The van der Waals surface area contributed by atoms with Gasteiger partial charge in [-0.2, -0.15) is 0 Å². The van der Waals surface area contributed by atoms with Crippen LogP contribution in [0.15, 0.2) is 36.4 Å². The Morgan fingerprint density at radius 1 is 1.20 bits per heavy atom. The number of anilines is 1. The van der Waals surface area contributed by atoms with Crippen molar-refractivity contribution in [3.8, 4) is 0 Å². The van der Waals surface area contributed by atoms with E-state index in [1.54, 1.807) is 37.3 Å². The van der Waals surface area contributed by atoms with Crippen LogP contribution in [0.3, 0.4) is 0 Å². The van der Waals surface area contributed by atoms with Gasteiger partial charge in [-0.1, -0.05) is 35.3 Å². The van der Waals surface area contributed by atoms with Gasteiger partial charge in [0.15, 0.2) is 5.78 Å². The van der Waals surface area contributed by atoms with Crippen molar-refractivity contribution in [1.29, 1.82) is 0 Å². The Balaban J connectivity index is 2.06. The lowest BCUT2D eigenvalue weighted by atomic mass is 10.1. The molecule has 2 rings (SSSR count). The summed E-state index contributed by atoms with van der Waals surface area (Å²) in [6.07, 6.45) is 0. The standard InChI is InChI=1S/C15H12Cl2FNO/c1-9-2-3-10(6-13(9)18)15(20)8-19-14-5-4-11(16)7-12(14)17/h2-7,19H,8H2,1H3. The molecule has 0 unspecified atom stereocenters. The molecule has 0 spiro atoms. The predicted molar refractivity (Wildman–Crippen MR) is 80.4 cm³/mol. The van der Waals surface area contributed by atoms with Gasteiger partial charge in [-0.15, -0.1) is 0 Å². The molecule has 0 aliphatic heterocycles. The van der Waals surface area contributed by atoms with Gasteiger partial charge in [-0.05, 0) is 36.8 Å². The highest BCUT2D eigenvalue weighted by Gasteiger charge is 2.09. The van der Waals surface area contributed by atoms with Crippen molar-refractivity contribution in [3.63, 3.8) is 0 Å². The third-order valence-corrected chi connectivity index (χ3v) is 3.41. The van der Waals surface area contributed by atoms with E-state index in [0.717, 1.165) is 0 Å². The van der Waals surface area contributed by atoms with E-state index in [1.807, 2.05) is 0 Å². The zero-order valence-corrected chi connectivity index (χ0v) is 12.2. The van der Waals surface area contributed by atoms with Crippen LogP contribution in [-0.4, -0.2) is 12.3 Å². The highest BCUT2D eigenvalue weighted by molar-refractivity contribution is 6.36. The van der Waals surface area contributed by atoms with Gasteiger partial charge < -0.3 is 5.32 Å². The van der Waals surface area contributed by atoms with Gasteiger partial charge in [-0.3, -0.25) is 4.79 Å². The van der Waals surface area contributed by atoms with Gasteiger partial charge in [0.05, 0.1) is 17.3 Å². The van der Waals surface area contributed by atoms with Crippen LogP contribution in [0.5, 0.6) is 0 Å². The SMILES string of the molecule is Cc1ccc(C(=O)CNc2ccc(Cl)cc2Cl)cc1F. The van der Waals surface area contributed by atoms with Crippen molar-refractivity contribution in [3.05, 3.63) is 63.4 Å². The highest BCUT2D eigenvalue weighted by Crippen LogP contribution is 2.25. The predicted octanol–water partition coefficient (Wildman–Crippen LogP) is 4.74. The molecule has 0 radical (unpaired) electrons. The number of hydrogen-bond donors (Lipinski definition) is 1. The van der Waals surface area contributed by atoms with Gasteiger partial charge >= 0.3 is 0 Å². The third-order valence-electron chi connectivity index (χ3n) is 2.86. The van der Waals surface area contributed by atoms with Gasteiger partial charge in [-0.25, -0.2) is 4.39 Å². The van der Waals surface area contributed by atoms with E-state index >= 15 is 0 Å². The monoisotopic (exact) mass is 311 g/mol. The maximum atomic E-state index is 13.4. The van der Waals surface area contributed by atoms with E-state index in [1.165, 1.54) is 6.07 Å². The first-order valence-corrected chi connectivity index (χ1v) is 6.71. The summed E-state index contributed by atoms with van der Waals surface area (Å²) in [5.74, 6) is -0.602. The largest absolute Gasteiger partial charge is 0.376 e. The lowest BCUT2D eigenvalue weighted by molar-refractivity contribution is 0.101. The summed E-state index contributed by atoms with van der Waals surface area (Å²) in [6, 6.07) is 9.37. The topological polar surface area (TPSA) is 29.1 Å². The van der Waals surface area contributed by atoms with Crippen LogP contribution >= 0.6 is 23.2 Å². The Kier molecular flexibility index (Phi) is 4.63. The maximum Gasteiger partial charge on any atom is 0.181 e. The summed E-state index contributed by atoms with van der Waals surface area (Å²) in [7, 11) is 0. The molecule has 0 amide bonds. The van der Waals surface area contributed by atoms with E-state index in [0.29, 0.717) is 26.9 Å². The van der Waals surface area contributed by atoms with Gasteiger partial charge in [0.1, 0.15) is 5.82 Å². The number of aryl methyl sites for hydroxylation is 1. The molecule has 1 N–H and O–H groups in total. The first kappa shape index (κ1) is 14.8. The number of Topliss-reactive ketones (excluding diaryl/α,β-unsaturated/α-hetero) is 1. The molecule has 0 aliphatic carbocycles. The van der Waals surface area contributed by atoms with Crippen molar-refractivity contribution in [2.45, 2.75) is 6.92 Å². The minimum atomic E-state index is -0.389. The number of carbonyl (C=O) groups excluding carboxylic acids is 1. The smallest absolute Gasteiger partial charge is 0.181 e. The average Bonchev–Trinajstić information content (AvgIpc) is 2.40. The normalized spacial score (nSPS) is 10.4. The summed E-state index contributed by atoms with van der Waals surface area (Å²) in [5.41, 5.74) is 1.44. The second kappa shape index (κ2) is 6.25. The van der Waals surface area contributed by atoms with Crippen LogP contribution in [0.25, 0.3) is 0 Å². The average molecular weight is 312 g/mol. The van der Waals surface area contributed by atoms with E-state index < -0.39 is 0 Å². The molecule has 0 aromatic heterocycles. The lowest BCUT2D eigenvalue weighted by Gasteiger charge is -2.08. The summed E-state index contributed by atoms with van der Waals surface area (Å²) >= 11 is 11.8. The molecule has 0 atom stereocenters. The minimum absolute atomic E-state index is 0.0316. The molecule has 0 heterocycles. The summed E-state index contributed by atoms with van der Waals surface area (Å²) in [4.78, 5) is 12.0. The second-order valence-corrected chi connectivity index (χ2v) is 5.21. The number of halogens is 3. The Labute approximate surface area is 126 Å². The molecule has 2 aromatic rings. The highest BCUT2D eigenvalue weighted by atomic mass is 35.5. The Morgan fingerprint density at radius 2 is 1.95 bits per heavy atom. The fourth-order valence-corrected chi connectivity index (χ4v) is 2.15. The molecule has 0 fully saturated rings. The molecule has 104 valence electrons. The van der Waals surface area contributed by atoms with E-state index in [4.69, 9.17) is 23.2 Å². The summed E-state index contributed by atoms with van der Waals surface area (Å²) in [5, 5.41) is 3.86. The summed E-state index contributed by atoms with van der Waals surface area (Å²) < 4.78 is 13.4. The lowest BCUT2D eigenvalue weighted by Crippen LogP contribution is -2.14. The molecule has 0 aliphatic rings. The Hall–Kier alpha value is -1.58. The molecule has 0 saturated carbocycles. The minimum Gasteiger partial charge on any atom is -0.376 e. The first-order valence-electron chi connectivity index (χ1n) is 5.95. The molecule has 0 bridgehead atoms. The van der Waals surface area contributed by atoms with Crippen molar-refractivity contribution in [2.75, 3.05) is 11.9 Å². The van der Waals surface area contributed by atoms with Crippen LogP contribution in [0.2, 0.25) is 10.0 Å². The van der Waals surface area contributed by atoms with Crippen LogP contribution in [0.1, 0.15) is 15.9 Å². The molecule has 0 saturated heterocycles. The zero-order chi connectivity index (χ0) is 14.7. The van der Waals surface area contributed by atoms with E-state index in [2.05, 4.69) is 5.32 Å². The third kappa shape index (κ3) is 3.50. The van der Waals surface area contributed by atoms with Crippen molar-refractivity contribution in [1.82, 2.24) is 0 Å². The molecular formula is C15H12Cl2FNO. The molecule has 5 heteroatoms. The quantitative estimate of drug-likeness (QED) is 0.827. The Bertz CT molecular complexity index is 658. The number of nitrogens with one attached hydrogen (secondary N) is 1. The maximum absolute atomic E-state index is 13.4.